The summed E-state index contributed by atoms with van der Waals surface area (Å²) in [7, 11) is 0. The van der Waals surface area contributed by atoms with Gasteiger partial charge < -0.3 is 14.8 Å². The Bertz CT molecular complexity index is 853. The third-order valence-electron chi connectivity index (χ3n) is 6.21. The zero-order valence-corrected chi connectivity index (χ0v) is 15.9. The van der Waals surface area contributed by atoms with Gasteiger partial charge in [0.1, 0.15) is 12.4 Å². The van der Waals surface area contributed by atoms with Crippen molar-refractivity contribution in [1.82, 2.24) is 0 Å². The summed E-state index contributed by atoms with van der Waals surface area (Å²) < 4.78 is 12.0. The van der Waals surface area contributed by atoms with Crippen molar-refractivity contribution in [3.05, 3.63) is 71.3 Å². The first-order valence-corrected chi connectivity index (χ1v) is 10.2. The summed E-state index contributed by atoms with van der Waals surface area (Å²) in [5.41, 5.74) is 5.20. The Morgan fingerprint density at radius 2 is 2.11 bits per heavy atom. The number of aryl methyl sites for hydroxylation is 1. The number of benzene rings is 2. The van der Waals surface area contributed by atoms with Crippen molar-refractivity contribution in [3.63, 3.8) is 0 Å². The fraction of sp³-hybridized carbons (Fsp3) is 0.417. The molecule has 2 aromatic rings. The summed E-state index contributed by atoms with van der Waals surface area (Å²) in [6.45, 7) is 3.67. The van der Waals surface area contributed by atoms with Crippen LogP contribution in [-0.2, 0) is 4.74 Å². The first-order chi connectivity index (χ1) is 13.3. The smallest absolute Gasteiger partial charge is 0.142 e. The van der Waals surface area contributed by atoms with Crippen molar-refractivity contribution in [3.8, 4) is 5.75 Å². The van der Waals surface area contributed by atoms with E-state index < -0.39 is 0 Å². The molecule has 0 spiro atoms. The molecule has 140 valence electrons. The molecule has 2 heterocycles. The van der Waals surface area contributed by atoms with Gasteiger partial charge in [0.15, 0.2) is 0 Å². The van der Waals surface area contributed by atoms with Crippen LogP contribution in [0.4, 0.5) is 5.69 Å². The SMILES string of the molecule is Cc1cccc(C2Nc3c(OCC4CCCO4)cccc3C3C=CCC32)c1. The van der Waals surface area contributed by atoms with Crippen molar-refractivity contribution < 1.29 is 9.47 Å². The van der Waals surface area contributed by atoms with Gasteiger partial charge in [0.05, 0.1) is 17.8 Å². The molecule has 1 N–H and O–H groups in total. The van der Waals surface area contributed by atoms with Crippen LogP contribution in [0, 0.1) is 12.8 Å². The lowest BCUT2D eigenvalue weighted by Gasteiger charge is -2.38. The minimum Gasteiger partial charge on any atom is -0.489 e. The molecule has 0 radical (unpaired) electrons. The second kappa shape index (κ2) is 7.05. The number of anilines is 1. The van der Waals surface area contributed by atoms with Crippen molar-refractivity contribution in [2.45, 2.75) is 44.2 Å². The van der Waals surface area contributed by atoms with Gasteiger partial charge in [-0.05, 0) is 49.3 Å². The lowest BCUT2D eigenvalue weighted by atomic mass is 9.76. The van der Waals surface area contributed by atoms with Gasteiger partial charge in [-0.1, -0.05) is 54.1 Å². The van der Waals surface area contributed by atoms with Crippen LogP contribution in [0.3, 0.4) is 0 Å². The average Bonchev–Trinajstić information content (AvgIpc) is 3.37. The second-order valence-electron chi connectivity index (χ2n) is 8.06. The van der Waals surface area contributed by atoms with Gasteiger partial charge in [-0.15, -0.1) is 0 Å². The van der Waals surface area contributed by atoms with E-state index in [4.69, 9.17) is 9.47 Å². The quantitative estimate of drug-likeness (QED) is 0.742. The predicted molar refractivity (Wildman–Crippen MR) is 108 cm³/mol. The maximum absolute atomic E-state index is 6.23. The van der Waals surface area contributed by atoms with E-state index in [1.807, 2.05) is 0 Å². The highest BCUT2D eigenvalue weighted by atomic mass is 16.5. The van der Waals surface area contributed by atoms with E-state index in [-0.39, 0.29) is 6.10 Å². The molecule has 0 bridgehead atoms. The van der Waals surface area contributed by atoms with E-state index in [0.29, 0.717) is 24.5 Å². The number of hydrogen-bond donors (Lipinski definition) is 1. The first kappa shape index (κ1) is 16.9. The van der Waals surface area contributed by atoms with E-state index in [1.165, 1.54) is 16.7 Å². The zero-order chi connectivity index (χ0) is 18.2. The molecular weight excluding hydrogens is 334 g/mol. The molecule has 4 atom stereocenters. The average molecular weight is 361 g/mol. The standard InChI is InChI=1S/C24H27NO2/c1-16-6-2-7-17(14-16)23-20-10-3-9-19(20)21-11-4-12-22(24(21)25-23)27-15-18-8-5-13-26-18/h2-4,6-7,9,11-12,14,18-20,23,25H,5,8,10,13,15H2,1H3. The Kier molecular flexibility index (Phi) is 4.41. The highest BCUT2D eigenvalue weighted by molar-refractivity contribution is 5.67. The second-order valence-corrected chi connectivity index (χ2v) is 8.06. The normalized spacial score (nSPS) is 28.5. The zero-order valence-electron chi connectivity index (χ0n) is 15.9. The number of ether oxygens (including phenoxy) is 2. The molecule has 27 heavy (non-hydrogen) atoms. The summed E-state index contributed by atoms with van der Waals surface area (Å²) in [6, 6.07) is 15.7. The highest BCUT2D eigenvalue weighted by Gasteiger charge is 2.39. The van der Waals surface area contributed by atoms with Crippen molar-refractivity contribution in [1.29, 1.82) is 0 Å². The van der Waals surface area contributed by atoms with Crippen molar-refractivity contribution in [2.24, 2.45) is 5.92 Å². The number of para-hydroxylation sites is 1. The molecule has 2 aliphatic heterocycles. The van der Waals surface area contributed by atoms with E-state index in [0.717, 1.165) is 37.3 Å². The monoisotopic (exact) mass is 361 g/mol. The van der Waals surface area contributed by atoms with E-state index in [9.17, 15) is 0 Å². The topological polar surface area (TPSA) is 30.5 Å². The third kappa shape index (κ3) is 3.14. The van der Waals surface area contributed by atoms with Crippen LogP contribution in [0.25, 0.3) is 0 Å². The lowest BCUT2D eigenvalue weighted by molar-refractivity contribution is 0.0681. The Balaban J connectivity index is 1.47. The Morgan fingerprint density at radius 3 is 2.96 bits per heavy atom. The molecule has 4 unspecified atom stereocenters. The molecule has 1 fully saturated rings. The minimum atomic E-state index is 0.233. The molecule has 3 aliphatic rings. The minimum absolute atomic E-state index is 0.233. The number of allylic oxidation sites excluding steroid dienone is 2. The summed E-state index contributed by atoms with van der Waals surface area (Å²) in [5.74, 6) is 1.98. The van der Waals surface area contributed by atoms with Crippen LogP contribution in [0.2, 0.25) is 0 Å². The first-order valence-electron chi connectivity index (χ1n) is 10.2. The molecule has 0 amide bonds. The van der Waals surface area contributed by atoms with Gasteiger partial charge in [0.2, 0.25) is 0 Å². The van der Waals surface area contributed by atoms with Gasteiger partial charge in [-0.25, -0.2) is 0 Å². The molecule has 1 saturated heterocycles. The Morgan fingerprint density at radius 1 is 1.19 bits per heavy atom. The summed E-state index contributed by atoms with van der Waals surface area (Å²) in [4.78, 5) is 0. The largest absolute Gasteiger partial charge is 0.489 e. The molecule has 0 aromatic heterocycles. The van der Waals surface area contributed by atoms with Crippen LogP contribution in [-0.4, -0.2) is 19.3 Å². The van der Waals surface area contributed by atoms with Crippen LogP contribution >= 0.6 is 0 Å². The molecule has 0 saturated carbocycles. The van der Waals surface area contributed by atoms with Gasteiger partial charge >= 0.3 is 0 Å². The number of fused-ring (bicyclic) bond motifs is 3. The Hall–Kier alpha value is -2.26. The number of nitrogens with one attached hydrogen (secondary N) is 1. The summed E-state index contributed by atoms with van der Waals surface area (Å²) in [6.07, 6.45) is 8.32. The molecule has 1 aliphatic carbocycles. The van der Waals surface area contributed by atoms with Gasteiger partial charge in [0.25, 0.3) is 0 Å². The van der Waals surface area contributed by atoms with Crippen LogP contribution in [0.15, 0.2) is 54.6 Å². The molecular formula is C24H27NO2. The molecule has 2 aromatic carbocycles. The molecule has 3 nitrogen and oxygen atoms in total. The van der Waals surface area contributed by atoms with E-state index in [2.05, 4.69) is 66.9 Å². The van der Waals surface area contributed by atoms with E-state index >= 15 is 0 Å². The molecule has 5 rings (SSSR count). The van der Waals surface area contributed by atoms with Gasteiger partial charge in [-0.2, -0.15) is 0 Å². The van der Waals surface area contributed by atoms with Crippen LogP contribution in [0.1, 0.15) is 47.9 Å². The fourth-order valence-electron chi connectivity index (χ4n) is 4.87. The lowest BCUT2D eigenvalue weighted by Crippen LogP contribution is -2.29. The number of hydrogen-bond acceptors (Lipinski definition) is 3. The fourth-order valence-corrected chi connectivity index (χ4v) is 4.87. The van der Waals surface area contributed by atoms with Crippen molar-refractivity contribution in [2.75, 3.05) is 18.5 Å². The van der Waals surface area contributed by atoms with Gasteiger partial charge in [0, 0.05) is 12.5 Å². The maximum atomic E-state index is 6.23. The van der Waals surface area contributed by atoms with Crippen molar-refractivity contribution >= 4 is 5.69 Å². The van der Waals surface area contributed by atoms with E-state index in [1.54, 1.807) is 0 Å². The summed E-state index contributed by atoms with van der Waals surface area (Å²) >= 11 is 0. The van der Waals surface area contributed by atoms with Crippen LogP contribution in [0.5, 0.6) is 5.75 Å². The Labute approximate surface area is 161 Å². The number of rotatable bonds is 4. The van der Waals surface area contributed by atoms with Crippen LogP contribution < -0.4 is 10.1 Å². The van der Waals surface area contributed by atoms with Gasteiger partial charge in [-0.3, -0.25) is 0 Å². The highest BCUT2D eigenvalue weighted by Crippen LogP contribution is 2.52. The molecule has 3 heteroatoms. The third-order valence-corrected chi connectivity index (χ3v) is 6.21. The summed E-state index contributed by atoms with van der Waals surface area (Å²) in [5, 5.41) is 3.85. The predicted octanol–water partition coefficient (Wildman–Crippen LogP) is 5.38. The maximum Gasteiger partial charge on any atom is 0.142 e.